The van der Waals surface area contributed by atoms with Gasteiger partial charge < -0.3 is 9.72 Å². The van der Waals surface area contributed by atoms with Crippen LogP contribution in [0, 0.1) is 0 Å². The summed E-state index contributed by atoms with van der Waals surface area (Å²) in [6.07, 6.45) is 0.746. The van der Waals surface area contributed by atoms with E-state index in [1.807, 2.05) is 29.7 Å². The van der Waals surface area contributed by atoms with Gasteiger partial charge in [0.2, 0.25) is 0 Å². The lowest BCUT2D eigenvalue weighted by molar-refractivity contribution is 0.197. The van der Waals surface area contributed by atoms with Gasteiger partial charge in [0.25, 0.3) is 0 Å². The second-order valence-electron chi connectivity index (χ2n) is 3.62. The summed E-state index contributed by atoms with van der Waals surface area (Å²) in [6.45, 7) is 0. The predicted molar refractivity (Wildman–Crippen MR) is 64.7 cm³/mol. The van der Waals surface area contributed by atoms with Crippen LogP contribution in [-0.2, 0) is 0 Å². The molecule has 0 bridgehead atoms. The van der Waals surface area contributed by atoms with E-state index in [9.17, 15) is 4.79 Å². The number of amides is 1. The van der Waals surface area contributed by atoms with Crippen molar-refractivity contribution in [2.24, 2.45) is 5.84 Å². The number of para-hydroxylation sites is 1. The van der Waals surface area contributed by atoms with Crippen molar-refractivity contribution in [2.75, 3.05) is 0 Å². The summed E-state index contributed by atoms with van der Waals surface area (Å²) in [4.78, 5) is 22.2. The highest BCUT2D eigenvalue weighted by atomic mass is 16.6. The average Bonchev–Trinajstić information content (AvgIpc) is 2.77. The molecule has 0 fully saturated rings. The molecule has 1 aromatic carbocycles. The van der Waals surface area contributed by atoms with Crippen molar-refractivity contribution in [3.63, 3.8) is 0 Å². The molecule has 2 heterocycles. The van der Waals surface area contributed by atoms with Crippen molar-refractivity contribution in [3.8, 4) is 6.01 Å². The molecule has 7 heteroatoms. The molecular weight excluding hydrogens is 234 g/mol. The SMILES string of the molecule is NNC(=O)Oc1ncc2[nH]c3ccccc3c2n1. The highest BCUT2D eigenvalue weighted by Crippen LogP contribution is 2.23. The second kappa shape index (κ2) is 3.97. The maximum Gasteiger partial charge on any atom is 0.429 e. The first-order chi connectivity index (χ1) is 8.78. The van der Waals surface area contributed by atoms with Crippen LogP contribution in [0.1, 0.15) is 0 Å². The second-order valence-corrected chi connectivity index (χ2v) is 3.62. The molecule has 18 heavy (non-hydrogen) atoms. The van der Waals surface area contributed by atoms with E-state index in [2.05, 4.69) is 15.0 Å². The van der Waals surface area contributed by atoms with Crippen LogP contribution in [0.3, 0.4) is 0 Å². The predicted octanol–water partition coefficient (Wildman–Crippen LogP) is 1.07. The number of rotatable bonds is 1. The van der Waals surface area contributed by atoms with E-state index in [0.717, 1.165) is 16.4 Å². The number of carbonyl (C=O) groups is 1. The first kappa shape index (κ1) is 10.5. The number of hydrogen-bond acceptors (Lipinski definition) is 5. The molecule has 90 valence electrons. The Kier molecular flexibility index (Phi) is 2.31. The Morgan fingerprint density at radius 1 is 1.33 bits per heavy atom. The smallest absolute Gasteiger partial charge is 0.373 e. The van der Waals surface area contributed by atoms with Crippen molar-refractivity contribution >= 4 is 28.0 Å². The fraction of sp³-hybridized carbons (Fsp3) is 0. The van der Waals surface area contributed by atoms with Crippen LogP contribution in [0.2, 0.25) is 0 Å². The summed E-state index contributed by atoms with van der Waals surface area (Å²) < 4.78 is 4.78. The monoisotopic (exact) mass is 243 g/mol. The van der Waals surface area contributed by atoms with Crippen molar-refractivity contribution < 1.29 is 9.53 Å². The summed E-state index contributed by atoms with van der Waals surface area (Å²) in [6, 6.07) is 7.64. The fourth-order valence-corrected chi connectivity index (χ4v) is 1.77. The summed E-state index contributed by atoms with van der Waals surface area (Å²) in [5.74, 6) is 4.92. The molecule has 0 unspecified atom stereocenters. The van der Waals surface area contributed by atoms with Crippen LogP contribution in [0.4, 0.5) is 4.79 Å². The van der Waals surface area contributed by atoms with Crippen molar-refractivity contribution in [3.05, 3.63) is 30.5 Å². The summed E-state index contributed by atoms with van der Waals surface area (Å²) in [5.41, 5.74) is 4.26. The molecule has 0 aliphatic rings. The molecule has 0 aliphatic carbocycles. The largest absolute Gasteiger partial charge is 0.429 e. The summed E-state index contributed by atoms with van der Waals surface area (Å²) in [5, 5.41) is 0.938. The fourth-order valence-electron chi connectivity index (χ4n) is 1.77. The molecule has 0 saturated heterocycles. The number of nitrogens with one attached hydrogen (secondary N) is 2. The van der Waals surface area contributed by atoms with E-state index in [-0.39, 0.29) is 6.01 Å². The average molecular weight is 243 g/mol. The van der Waals surface area contributed by atoms with Gasteiger partial charge in [-0.15, -0.1) is 0 Å². The van der Waals surface area contributed by atoms with E-state index in [0.29, 0.717) is 5.52 Å². The van der Waals surface area contributed by atoms with Crippen LogP contribution in [0.5, 0.6) is 6.01 Å². The van der Waals surface area contributed by atoms with Gasteiger partial charge in [0.15, 0.2) is 0 Å². The minimum atomic E-state index is -0.811. The molecule has 3 rings (SSSR count). The highest BCUT2D eigenvalue weighted by molar-refractivity contribution is 6.04. The number of aromatic amines is 1. The standard InChI is InChI=1S/C11H9N5O2/c12-16-11(17)18-10-13-5-8-9(15-10)6-3-1-2-4-7(6)14-8/h1-5,14H,12H2,(H,16,17). The number of hydrazine groups is 1. The van der Waals surface area contributed by atoms with E-state index in [4.69, 9.17) is 10.6 Å². The third-order valence-corrected chi connectivity index (χ3v) is 2.52. The van der Waals surface area contributed by atoms with Gasteiger partial charge in [-0.05, 0) is 6.07 Å². The van der Waals surface area contributed by atoms with E-state index >= 15 is 0 Å². The molecule has 4 N–H and O–H groups in total. The van der Waals surface area contributed by atoms with E-state index in [1.54, 1.807) is 6.20 Å². The number of nitrogens with two attached hydrogens (primary N) is 1. The third kappa shape index (κ3) is 1.62. The van der Waals surface area contributed by atoms with Gasteiger partial charge in [-0.2, -0.15) is 4.98 Å². The zero-order valence-corrected chi connectivity index (χ0v) is 9.18. The van der Waals surface area contributed by atoms with Crippen LogP contribution in [0.25, 0.3) is 21.9 Å². The maximum atomic E-state index is 11.0. The zero-order chi connectivity index (χ0) is 12.5. The molecule has 0 aliphatic heterocycles. The zero-order valence-electron chi connectivity index (χ0n) is 9.18. The first-order valence-electron chi connectivity index (χ1n) is 5.20. The Morgan fingerprint density at radius 2 is 2.17 bits per heavy atom. The number of benzene rings is 1. The molecule has 0 atom stereocenters. The molecule has 0 spiro atoms. The number of H-pyrrole nitrogens is 1. The van der Waals surface area contributed by atoms with Gasteiger partial charge >= 0.3 is 12.1 Å². The van der Waals surface area contributed by atoms with E-state index in [1.165, 1.54) is 0 Å². The van der Waals surface area contributed by atoms with Gasteiger partial charge in [-0.1, -0.05) is 18.2 Å². The number of hydrogen-bond donors (Lipinski definition) is 3. The number of nitrogens with zero attached hydrogens (tertiary/aromatic N) is 2. The lowest BCUT2D eigenvalue weighted by Gasteiger charge is -2.00. The van der Waals surface area contributed by atoms with Gasteiger partial charge in [0.05, 0.1) is 11.7 Å². The summed E-state index contributed by atoms with van der Waals surface area (Å²) in [7, 11) is 0. The molecular formula is C11H9N5O2. The molecule has 3 aromatic rings. The van der Waals surface area contributed by atoms with Crippen molar-refractivity contribution in [2.45, 2.75) is 0 Å². The molecule has 2 aromatic heterocycles. The topological polar surface area (TPSA) is 106 Å². The van der Waals surface area contributed by atoms with Crippen LogP contribution in [0.15, 0.2) is 30.5 Å². The minimum absolute atomic E-state index is 0.0461. The van der Waals surface area contributed by atoms with Crippen LogP contribution >= 0.6 is 0 Å². The molecule has 7 nitrogen and oxygen atoms in total. The maximum absolute atomic E-state index is 11.0. The molecule has 1 amide bonds. The van der Waals surface area contributed by atoms with Crippen molar-refractivity contribution in [1.82, 2.24) is 20.4 Å². The quantitative estimate of drug-likeness (QED) is 0.337. The Bertz CT molecular complexity index is 736. The minimum Gasteiger partial charge on any atom is -0.373 e. The lowest BCUT2D eigenvalue weighted by Crippen LogP contribution is -2.33. The Morgan fingerprint density at radius 3 is 3.00 bits per heavy atom. The Labute approximate surface area is 101 Å². The van der Waals surface area contributed by atoms with E-state index < -0.39 is 6.09 Å². The molecule has 0 radical (unpaired) electrons. The lowest BCUT2D eigenvalue weighted by atomic mass is 10.2. The highest BCUT2D eigenvalue weighted by Gasteiger charge is 2.09. The van der Waals surface area contributed by atoms with Crippen LogP contribution in [-0.4, -0.2) is 21.0 Å². The van der Waals surface area contributed by atoms with Crippen molar-refractivity contribution in [1.29, 1.82) is 0 Å². The number of carbonyl (C=O) groups excluding carboxylic acids is 1. The van der Waals surface area contributed by atoms with Gasteiger partial charge in [-0.3, -0.25) is 5.43 Å². The van der Waals surface area contributed by atoms with Crippen LogP contribution < -0.4 is 16.0 Å². The normalized spacial score (nSPS) is 10.7. The van der Waals surface area contributed by atoms with Gasteiger partial charge in [0.1, 0.15) is 5.52 Å². The summed E-state index contributed by atoms with van der Waals surface area (Å²) >= 11 is 0. The number of aromatic nitrogens is 3. The first-order valence-corrected chi connectivity index (χ1v) is 5.20. The number of fused-ring (bicyclic) bond motifs is 3. The van der Waals surface area contributed by atoms with Gasteiger partial charge in [-0.25, -0.2) is 15.6 Å². The third-order valence-electron chi connectivity index (χ3n) is 2.52. The Balaban J connectivity index is 2.15. The number of ether oxygens (including phenoxy) is 1. The molecule has 0 saturated carbocycles. The Hall–Kier alpha value is -2.67. The van der Waals surface area contributed by atoms with Gasteiger partial charge in [0, 0.05) is 10.9 Å².